The van der Waals surface area contributed by atoms with E-state index in [0.717, 1.165) is 0 Å². The van der Waals surface area contributed by atoms with Crippen LogP contribution in [0.4, 0.5) is 4.39 Å². The van der Waals surface area contributed by atoms with Crippen LogP contribution < -0.4 is 4.74 Å². The molecule has 1 aromatic rings. The normalized spacial score (nSPS) is 10.7. The third kappa shape index (κ3) is 6.46. The molecule has 0 aliphatic carbocycles. The zero-order valence-electron chi connectivity index (χ0n) is 10.4. The van der Waals surface area contributed by atoms with Crippen molar-refractivity contribution in [1.29, 1.82) is 0 Å². The SMILES string of the molecule is CS(=O)(=O)CCCOc1ccc(F)cc1C#CCCl. The molecule has 0 saturated carbocycles. The molecule has 0 heterocycles. The van der Waals surface area contributed by atoms with Gasteiger partial charge in [0.15, 0.2) is 0 Å². The Labute approximate surface area is 117 Å². The molecule has 0 fully saturated rings. The lowest BCUT2D eigenvalue weighted by molar-refractivity contribution is 0.316. The molecule has 0 aromatic heterocycles. The van der Waals surface area contributed by atoms with Crippen LogP contribution in [-0.4, -0.2) is 32.9 Å². The van der Waals surface area contributed by atoms with Gasteiger partial charge < -0.3 is 4.74 Å². The second-order valence-electron chi connectivity index (χ2n) is 3.91. The van der Waals surface area contributed by atoms with E-state index in [9.17, 15) is 12.8 Å². The van der Waals surface area contributed by atoms with Gasteiger partial charge in [-0.3, -0.25) is 0 Å². The van der Waals surface area contributed by atoms with Gasteiger partial charge in [-0.1, -0.05) is 11.8 Å². The van der Waals surface area contributed by atoms with Crippen LogP contribution in [0.3, 0.4) is 0 Å². The molecule has 3 nitrogen and oxygen atoms in total. The van der Waals surface area contributed by atoms with Crippen LogP contribution in [0.5, 0.6) is 5.75 Å². The highest BCUT2D eigenvalue weighted by atomic mass is 35.5. The molecule has 0 aliphatic heterocycles. The highest BCUT2D eigenvalue weighted by molar-refractivity contribution is 7.90. The van der Waals surface area contributed by atoms with Crippen LogP contribution in [0.15, 0.2) is 18.2 Å². The summed E-state index contributed by atoms with van der Waals surface area (Å²) in [6, 6.07) is 3.98. The van der Waals surface area contributed by atoms with E-state index in [2.05, 4.69) is 11.8 Å². The largest absolute Gasteiger partial charge is 0.492 e. The average Bonchev–Trinajstić information content (AvgIpc) is 2.32. The number of halogens is 2. The van der Waals surface area contributed by atoms with Crippen molar-refractivity contribution in [2.24, 2.45) is 0 Å². The summed E-state index contributed by atoms with van der Waals surface area (Å²) in [5.41, 5.74) is 0.403. The Morgan fingerprint density at radius 2 is 2.16 bits per heavy atom. The first kappa shape index (κ1) is 15.8. The Hall–Kier alpha value is -1.25. The lowest BCUT2D eigenvalue weighted by atomic mass is 10.2. The van der Waals surface area contributed by atoms with E-state index < -0.39 is 15.7 Å². The third-order valence-corrected chi connectivity index (χ3v) is 3.31. The minimum Gasteiger partial charge on any atom is -0.492 e. The quantitative estimate of drug-likeness (QED) is 0.476. The van der Waals surface area contributed by atoms with Gasteiger partial charge in [-0.2, -0.15) is 0 Å². The fourth-order valence-electron chi connectivity index (χ4n) is 1.36. The Kier molecular flexibility index (Phi) is 6.13. The van der Waals surface area contributed by atoms with Gasteiger partial charge in [0.25, 0.3) is 0 Å². The van der Waals surface area contributed by atoms with E-state index in [1.54, 1.807) is 0 Å². The summed E-state index contributed by atoms with van der Waals surface area (Å²) < 4.78 is 40.4. The van der Waals surface area contributed by atoms with Gasteiger partial charge in [0.2, 0.25) is 0 Å². The van der Waals surface area contributed by atoms with Crippen LogP contribution in [0.1, 0.15) is 12.0 Å². The van der Waals surface area contributed by atoms with E-state index in [1.165, 1.54) is 24.5 Å². The van der Waals surface area contributed by atoms with Crippen molar-refractivity contribution >= 4 is 21.4 Å². The fourth-order valence-corrected chi connectivity index (χ4v) is 2.07. The lowest BCUT2D eigenvalue weighted by Crippen LogP contribution is -2.08. The molecule has 6 heteroatoms. The molecule has 0 bridgehead atoms. The molecule has 0 unspecified atom stereocenters. The van der Waals surface area contributed by atoms with Gasteiger partial charge in [0, 0.05) is 6.26 Å². The Bertz CT molecular complexity index is 588. The topological polar surface area (TPSA) is 43.4 Å². The van der Waals surface area contributed by atoms with E-state index in [4.69, 9.17) is 16.3 Å². The molecule has 0 aliphatic rings. The molecule has 0 saturated heterocycles. The lowest BCUT2D eigenvalue weighted by Gasteiger charge is -2.08. The van der Waals surface area contributed by atoms with Gasteiger partial charge >= 0.3 is 0 Å². The summed E-state index contributed by atoms with van der Waals surface area (Å²) in [6.45, 7) is 0.230. The molecular formula is C13H14ClFO3S. The summed E-state index contributed by atoms with van der Waals surface area (Å²) in [5.74, 6) is 5.52. The fraction of sp³-hybridized carbons (Fsp3) is 0.385. The van der Waals surface area contributed by atoms with E-state index in [1.807, 2.05) is 0 Å². The average molecular weight is 305 g/mol. The zero-order valence-corrected chi connectivity index (χ0v) is 12.0. The number of alkyl halides is 1. The summed E-state index contributed by atoms with van der Waals surface area (Å²) in [5, 5.41) is 0. The predicted octanol–water partition coefficient (Wildman–Crippen LogP) is 2.23. The third-order valence-electron chi connectivity index (χ3n) is 2.15. The molecule has 0 spiro atoms. The maximum atomic E-state index is 13.1. The maximum Gasteiger partial charge on any atom is 0.147 e. The Morgan fingerprint density at radius 3 is 2.79 bits per heavy atom. The van der Waals surface area contributed by atoms with Crippen LogP contribution in [0.2, 0.25) is 0 Å². The second-order valence-corrected chi connectivity index (χ2v) is 6.43. The van der Waals surface area contributed by atoms with Crippen molar-refractivity contribution in [2.45, 2.75) is 6.42 Å². The molecule has 1 aromatic carbocycles. The highest BCUT2D eigenvalue weighted by Crippen LogP contribution is 2.19. The summed E-state index contributed by atoms with van der Waals surface area (Å²) in [6.07, 6.45) is 1.54. The monoisotopic (exact) mass is 304 g/mol. The van der Waals surface area contributed by atoms with Crippen molar-refractivity contribution < 1.29 is 17.5 Å². The molecule has 19 heavy (non-hydrogen) atoms. The standard InChI is InChI=1S/C13H14ClFO3S/c1-19(16,17)9-3-8-18-13-6-5-12(15)10-11(13)4-2-7-14/h5-6,10H,3,7-9H2,1H3. The molecule has 0 amide bonds. The highest BCUT2D eigenvalue weighted by Gasteiger charge is 2.05. The minimum absolute atomic E-state index is 0.0525. The van der Waals surface area contributed by atoms with Crippen LogP contribution in [-0.2, 0) is 9.84 Å². The first-order valence-electron chi connectivity index (χ1n) is 5.57. The van der Waals surface area contributed by atoms with Crippen molar-refractivity contribution in [2.75, 3.05) is 24.5 Å². The van der Waals surface area contributed by atoms with Gasteiger partial charge in [0.05, 0.1) is 23.8 Å². The number of hydrogen-bond donors (Lipinski definition) is 0. The second kappa shape index (κ2) is 7.37. The smallest absolute Gasteiger partial charge is 0.147 e. The number of benzene rings is 1. The Morgan fingerprint density at radius 1 is 1.42 bits per heavy atom. The molecule has 0 radical (unpaired) electrons. The molecule has 0 atom stereocenters. The number of sulfone groups is 1. The van der Waals surface area contributed by atoms with E-state index >= 15 is 0 Å². The van der Waals surface area contributed by atoms with Gasteiger partial charge in [-0.15, -0.1) is 11.6 Å². The van der Waals surface area contributed by atoms with Gasteiger partial charge in [-0.25, -0.2) is 12.8 Å². The number of ether oxygens (including phenoxy) is 1. The zero-order chi connectivity index (χ0) is 14.3. The van der Waals surface area contributed by atoms with Crippen molar-refractivity contribution in [3.05, 3.63) is 29.6 Å². The number of hydrogen-bond acceptors (Lipinski definition) is 3. The predicted molar refractivity (Wildman–Crippen MR) is 73.8 cm³/mol. The summed E-state index contributed by atoms with van der Waals surface area (Å²) in [7, 11) is -2.99. The van der Waals surface area contributed by atoms with Gasteiger partial charge in [0.1, 0.15) is 21.4 Å². The van der Waals surface area contributed by atoms with Gasteiger partial charge in [-0.05, 0) is 24.6 Å². The first-order chi connectivity index (χ1) is 8.92. The van der Waals surface area contributed by atoms with E-state index in [-0.39, 0.29) is 18.2 Å². The molecule has 1 rings (SSSR count). The first-order valence-corrected chi connectivity index (χ1v) is 8.17. The maximum absolute atomic E-state index is 13.1. The van der Waals surface area contributed by atoms with Crippen LogP contribution in [0, 0.1) is 17.7 Å². The van der Waals surface area contributed by atoms with E-state index in [0.29, 0.717) is 17.7 Å². The van der Waals surface area contributed by atoms with Crippen molar-refractivity contribution in [3.63, 3.8) is 0 Å². The van der Waals surface area contributed by atoms with Crippen molar-refractivity contribution in [3.8, 4) is 17.6 Å². The molecule has 104 valence electrons. The number of rotatable bonds is 5. The summed E-state index contributed by atoms with van der Waals surface area (Å²) >= 11 is 5.45. The van der Waals surface area contributed by atoms with Crippen LogP contribution >= 0.6 is 11.6 Å². The Balaban J connectivity index is 2.67. The minimum atomic E-state index is -2.99. The van der Waals surface area contributed by atoms with Crippen LogP contribution in [0.25, 0.3) is 0 Å². The summed E-state index contributed by atoms with van der Waals surface area (Å²) in [4.78, 5) is 0. The molecule has 0 N–H and O–H groups in total. The van der Waals surface area contributed by atoms with Crippen molar-refractivity contribution in [1.82, 2.24) is 0 Å². The molecular weight excluding hydrogens is 291 g/mol.